The van der Waals surface area contributed by atoms with Crippen molar-refractivity contribution in [3.05, 3.63) is 74.0 Å². The summed E-state index contributed by atoms with van der Waals surface area (Å²) in [5, 5.41) is 0.961. The molecule has 2 aliphatic heterocycles. The zero-order chi connectivity index (χ0) is 25.8. The number of nitrogens with zero attached hydrogens (tertiary/aromatic N) is 1. The molecule has 0 atom stereocenters. The van der Waals surface area contributed by atoms with E-state index in [1.807, 2.05) is 6.92 Å². The van der Waals surface area contributed by atoms with Crippen LogP contribution in [0.15, 0.2) is 34.8 Å². The number of hydrogen-bond donors (Lipinski definition) is 0. The predicted molar refractivity (Wildman–Crippen MR) is 130 cm³/mol. The van der Waals surface area contributed by atoms with Gasteiger partial charge in [0.15, 0.2) is 4.71 Å². The summed E-state index contributed by atoms with van der Waals surface area (Å²) < 4.78 is 85.4. The van der Waals surface area contributed by atoms with Crippen LogP contribution < -0.4 is 4.90 Å². The van der Waals surface area contributed by atoms with E-state index in [4.69, 9.17) is 16.6 Å². The molecule has 9 heteroatoms. The molecule has 0 aliphatic carbocycles. The lowest BCUT2D eigenvalue weighted by atomic mass is 9.88. The number of allylic oxidation sites excluding steroid dienone is 1. The lowest BCUT2D eigenvalue weighted by Gasteiger charge is -2.37. The Morgan fingerprint density at radius 1 is 0.944 bits per heavy atom. The molecule has 0 saturated carbocycles. The number of anilines is 1. The Hall–Kier alpha value is -2.81. The van der Waals surface area contributed by atoms with E-state index in [1.165, 1.54) is 29.0 Å². The van der Waals surface area contributed by atoms with Gasteiger partial charge >= 0.3 is 12.4 Å². The lowest BCUT2D eigenvalue weighted by molar-refractivity contribution is -0.143. The van der Waals surface area contributed by atoms with Crippen LogP contribution in [0, 0.1) is 11.6 Å². The second-order valence-corrected chi connectivity index (χ2v) is 9.74. The Bertz CT molecular complexity index is 1400. The first-order valence-corrected chi connectivity index (χ1v) is 12.2. The van der Waals surface area contributed by atoms with Crippen LogP contribution in [0.25, 0.3) is 17.0 Å². The average Bonchev–Trinajstić information content (AvgIpc) is 2.81. The van der Waals surface area contributed by atoms with E-state index in [9.17, 15) is 26.3 Å². The SMILES string of the molecule is Cc1c(C/C=C/c2cc(C(F)(F)F)cc(C(F)(F)F)c2)c(=S)oc2c3c4c(cc12)CCCN4CCC3. The zero-order valence-electron chi connectivity index (χ0n) is 19.4. The molecule has 3 aromatic rings. The summed E-state index contributed by atoms with van der Waals surface area (Å²) in [6, 6.07) is 3.69. The number of hydrogen-bond acceptors (Lipinski definition) is 3. The van der Waals surface area contributed by atoms with E-state index < -0.39 is 23.5 Å². The molecule has 0 fully saturated rings. The van der Waals surface area contributed by atoms with Crippen molar-refractivity contribution in [2.45, 2.75) is 51.4 Å². The zero-order valence-corrected chi connectivity index (χ0v) is 20.3. The van der Waals surface area contributed by atoms with Gasteiger partial charge in [-0.25, -0.2) is 0 Å². The minimum absolute atomic E-state index is 0.124. The molecular formula is C27H23F6NOS. The van der Waals surface area contributed by atoms with Gasteiger partial charge in [0.1, 0.15) is 5.58 Å². The van der Waals surface area contributed by atoms with E-state index in [0.717, 1.165) is 55.3 Å². The van der Waals surface area contributed by atoms with Crippen LogP contribution in [0.2, 0.25) is 0 Å². The maximum absolute atomic E-state index is 13.2. The first-order chi connectivity index (χ1) is 16.9. The van der Waals surface area contributed by atoms with Crippen molar-refractivity contribution in [1.29, 1.82) is 0 Å². The first kappa shape index (κ1) is 24.9. The largest absolute Gasteiger partial charge is 0.445 e. The first-order valence-electron chi connectivity index (χ1n) is 11.8. The van der Waals surface area contributed by atoms with Crippen molar-refractivity contribution in [3.63, 3.8) is 0 Å². The average molecular weight is 524 g/mol. The van der Waals surface area contributed by atoms with E-state index in [2.05, 4.69) is 11.0 Å². The molecule has 2 aromatic carbocycles. The van der Waals surface area contributed by atoms with Gasteiger partial charge in [-0.3, -0.25) is 0 Å². The molecule has 190 valence electrons. The normalized spacial score (nSPS) is 16.1. The minimum atomic E-state index is -4.89. The maximum Gasteiger partial charge on any atom is 0.416 e. The summed E-state index contributed by atoms with van der Waals surface area (Å²) in [7, 11) is 0. The van der Waals surface area contributed by atoms with Gasteiger partial charge in [-0.15, -0.1) is 0 Å². The van der Waals surface area contributed by atoms with Gasteiger partial charge in [0, 0.05) is 35.3 Å². The van der Waals surface area contributed by atoms with Crippen molar-refractivity contribution in [2.75, 3.05) is 18.0 Å². The Kier molecular flexibility index (Phi) is 6.17. The smallest absolute Gasteiger partial charge is 0.416 e. The van der Waals surface area contributed by atoms with Crippen LogP contribution in [0.1, 0.15) is 51.8 Å². The maximum atomic E-state index is 13.2. The summed E-state index contributed by atoms with van der Waals surface area (Å²) in [6.45, 7) is 3.99. The van der Waals surface area contributed by atoms with E-state index in [1.54, 1.807) is 0 Å². The van der Waals surface area contributed by atoms with Crippen LogP contribution >= 0.6 is 12.2 Å². The van der Waals surface area contributed by atoms with Crippen LogP contribution in [0.3, 0.4) is 0 Å². The molecule has 0 radical (unpaired) electrons. The topological polar surface area (TPSA) is 16.4 Å². The molecule has 0 spiro atoms. The summed E-state index contributed by atoms with van der Waals surface area (Å²) in [5.74, 6) is 0. The van der Waals surface area contributed by atoms with Crippen molar-refractivity contribution in [2.24, 2.45) is 0 Å². The predicted octanol–water partition coefficient (Wildman–Crippen LogP) is 8.46. The molecule has 2 aliphatic rings. The second-order valence-electron chi connectivity index (χ2n) is 9.37. The fourth-order valence-electron chi connectivity index (χ4n) is 5.32. The molecule has 0 saturated heterocycles. The van der Waals surface area contributed by atoms with Gasteiger partial charge in [0.25, 0.3) is 0 Å². The van der Waals surface area contributed by atoms with Gasteiger partial charge in [-0.2, -0.15) is 26.3 Å². The molecular weight excluding hydrogens is 500 g/mol. The van der Waals surface area contributed by atoms with Crippen LogP contribution in [0.5, 0.6) is 0 Å². The van der Waals surface area contributed by atoms with E-state index in [0.29, 0.717) is 17.7 Å². The Labute approximate surface area is 209 Å². The monoisotopic (exact) mass is 523 g/mol. The highest BCUT2D eigenvalue weighted by atomic mass is 32.1. The van der Waals surface area contributed by atoms with E-state index in [-0.39, 0.29) is 22.8 Å². The van der Waals surface area contributed by atoms with Gasteiger partial charge in [-0.1, -0.05) is 12.2 Å². The van der Waals surface area contributed by atoms with Crippen LogP contribution in [0.4, 0.5) is 32.0 Å². The minimum Gasteiger partial charge on any atom is -0.445 e. The lowest BCUT2D eigenvalue weighted by Crippen LogP contribution is -2.34. The fourth-order valence-corrected chi connectivity index (χ4v) is 5.64. The number of aryl methyl sites for hydroxylation is 3. The summed E-state index contributed by atoms with van der Waals surface area (Å²) >= 11 is 5.53. The van der Waals surface area contributed by atoms with Crippen molar-refractivity contribution >= 4 is 35.0 Å². The van der Waals surface area contributed by atoms with Gasteiger partial charge in [0.2, 0.25) is 0 Å². The Morgan fingerprint density at radius 2 is 1.58 bits per heavy atom. The molecule has 0 N–H and O–H groups in total. The standard InChI is InChI=1S/C27H23F6NOS/c1-15-20(7-2-5-16-11-18(26(28,29)30)14-19(12-16)27(31,32)33)25(36)35-24-21-8-4-10-34-9-3-6-17(23(21)34)13-22(15)24/h2,5,11-14H,3-4,6-10H2,1H3/b5-2+. The fraction of sp³-hybridized carbons (Fsp3) is 0.370. The summed E-state index contributed by atoms with van der Waals surface area (Å²) in [5.41, 5.74) is 3.25. The number of alkyl halides is 6. The van der Waals surface area contributed by atoms with Crippen LogP contribution in [-0.2, 0) is 31.6 Å². The highest BCUT2D eigenvalue weighted by Gasteiger charge is 2.36. The molecule has 2 nitrogen and oxygen atoms in total. The van der Waals surface area contributed by atoms with Crippen molar-refractivity contribution < 1.29 is 30.8 Å². The summed E-state index contributed by atoms with van der Waals surface area (Å²) in [4.78, 5) is 2.41. The Morgan fingerprint density at radius 3 is 2.22 bits per heavy atom. The second kappa shape index (κ2) is 8.94. The number of benzene rings is 2. The third-order valence-electron chi connectivity index (χ3n) is 7.01. The quantitative estimate of drug-likeness (QED) is 0.253. The molecule has 0 bridgehead atoms. The van der Waals surface area contributed by atoms with Crippen molar-refractivity contribution in [1.82, 2.24) is 0 Å². The molecule has 1 aromatic heterocycles. The molecule has 0 unspecified atom stereocenters. The van der Waals surface area contributed by atoms with E-state index >= 15 is 0 Å². The Balaban J connectivity index is 1.52. The number of rotatable bonds is 3. The van der Waals surface area contributed by atoms with Gasteiger partial charge < -0.3 is 9.32 Å². The summed E-state index contributed by atoms with van der Waals surface area (Å²) in [6.07, 6.45) is -2.76. The molecule has 5 rings (SSSR count). The van der Waals surface area contributed by atoms with Gasteiger partial charge in [-0.05, 0) is 92.2 Å². The highest BCUT2D eigenvalue weighted by Crippen LogP contribution is 2.42. The number of halogens is 6. The molecule has 36 heavy (non-hydrogen) atoms. The highest BCUT2D eigenvalue weighted by molar-refractivity contribution is 7.71. The van der Waals surface area contributed by atoms with Gasteiger partial charge in [0.05, 0.1) is 11.1 Å². The molecule has 0 amide bonds. The third kappa shape index (κ3) is 4.53. The third-order valence-corrected chi connectivity index (χ3v) is 7.34. The van der Waals surface area contributed by atoms with Crippen molar-refractivity contribution in [3.8, 4) is 0 Å². The molecule has 3 heterocycles. The van der Waals surface area contributed by atoms with Crippen LogP contribution in [-0.4, -0.2) is 13.1 Å². The number of fused-ring (bicyclic) bond motifs is 2.